The molecule has 1 aromatic heterocycles. The Kier molecular flexibility index (Phi) is 4.09. The molecule has 120 valence electrons. The van der Waals surface area contributed by atoms with Crippen LogP contribution in [0.15, 0.2) is 46.7 Å². The number of nitrogens with one attached hydrogen (secondary N) is 1. The van der Waals surface area contributed by atoms with Gasteiger partial charge in [0.25, 0.3) is 10.0 Å². The molecule has 0 unspecified atom stereocenters. The average Bonchev–Trinajstić information content (AvgIpc) is 2.85. The molecule has 3 rings (SSSR count). The smallest absolute Gasteiger partial charge is 0.271 e. The first-order valence-electron chi connectivity index (χ1n) is 6.91. The van der Waals surface area contributed by atoms with Gasteiger partial charge in [-0.15, -0.1) is 11.3 Å². The van der Waals surface area contributed by atoms with Crippen LogP contribution in [-0.2, 0) is 16.6 Å². The molecule has 0 saturated heterocycles. The summed E-state index contributed by atoms with van der Waals surface area (Å²) in [6.07, 6.45) is 0. The molecule has 0 fully saturated rings. The van der Waals surface area contributed by atoms with E-state index in [1.54, 1.807) is 31.2 Å². The molecule has 0 aliphatic carbocycles. The van der Waals surface area contributed by atoms with E-state index in [1.807, 2.05) is 6.07 Å². The molecule has 0 radical (unpaired) electrons. The molecular formula is C16H15FN2O2S2. The molecule has 3 aromatic rings. The second-order valence-corrected chi connectivity index (χ2v) is 8.09. The van der Waals surface area contributed by atoms with E-state index in [9.17, 15) is 12.8 Å². The minimum atomic E-state index is -3.74. The number of anilines is 1. The van der Waals surface area contributed by atoms with Crippen molar-refractivity contribution in [2.24, 2.45) is 5.73 Å². The molecule has 4 nitrogen and oxygen atoms in total. The number of sulfonamides is 1. The lowest BCUT2D eigenvalue weighted by molar-refractivity contribution is 0.602. The van der Waals surface area contributed by atoms with Crippen molar-refractivity contribution in [1.82, 2.24) is 0 Å². The first-order valence-corrected chi connectivity index (χ1v) is 9.21. The fourth-order valence-electron chi connectivity index (χ4n) is 2.39. The van der Waals surface area contributed by atoms with E-state index in [4.69, 9.17) is 5.73 Å². The highest BCUT2D eigenvalue weighted by molar-refractivity contribution is 7.94. The van der Waals surface area contributed by atoms with E-state index < -0.39 is 10.0 Å². The highest BCUT2D eigenvalue weighted by Crippen LogP contribution is 2.35. The number of nitrogens with two attached hydrogens (primary N) is 1. The van der Waals surface area contributed by atoms with E-state index in [0.717, 1.165) is 21.6 Å². The second kappa shape index (κ2) is 5.92. The number of halogens is 1. The molecule has 7 heteroatoms. The van der Waals surface area contributed by atoms with Gasteiger partial charge in [-0.25, -0.2) is 12.8 Å². The van der Waals surface area contributed by atoms with Crippen molar-refractivity contribution >= 4 is 37.1 Å². The van der Waals surface area contributed by atoms with Crippen molar-refractivity contribution in [3.8, 4) is 0 Å². The first-order chi connectivity index (χ1) is 10.9. The minimum Gasteiger partial charge on any atom is -0.326 e. The Morgan fingerprint density at radius 3 is 2.74 bits per heavy atom. The van der Waals surface area contributed by atoms with Crippen LogP contribution >= 0.6 is 11.3 Å². The Labute approximate surface area is 137 Å². The Balaban J connectivity index is 2.04. The van der Waals surface area contributed by atoms with Gasteiger partial charge >= 0.3 is 0 Å². The van der Waals surface area contributed by atoms with Crippen LogP contribution in [0.25, 0.3) is 10.1 Å². The van der Waals surface area contributed by atoms with E-state index in [2.05, 4.69) is 4.72 Å². The number of thiophene rings is 1. The standard InChI is InChI=1S/C16H15FN2O2S2/c1-10-14-8-12(17)5-6-15(14)22-16(10)23(20,21)19-13-4-2-3-11(7-13)9-18/h2-8,19H,9,18H2,1H3. The van der Waals surface area contributed by atoms with Gasteiger partial charge in [-0.2, -0.15) is 0 Å². The van der Waals surface area contributed by atoms with Gasteiger partial charge in [-0.3, -0.25) is 4.72 Å². The van der Waals surface area contributed by atoms with Gasteiger partial charge in [0.15, 0.2) is 0 Å². The zero-order valence-electron chi connectivity index (χ0n) is 12.3. The zero-order valence-corrected chi connectivity index (χ0v) is 14.0. The third kappa shape index (κ3) is 3.08. The van der Waals surface area contributed by atoms with Gasteiger partial charge in [0.05, 0.1) is 0 Å². The second-order valence-electron chi connectivity index (χ2n) is 5.17. The van der Waals surface area contributed by atoms with E-state index in [-0.39, 0.29) is 10.0 Å². The third-order valence-electron chi connectivity index (χ3n) is 3.51. The largest absolute Gasteiger partial charge is 0.326 e. The van der Waals surface area contributed by atoms with Crippen LogP contribution in [0, 0.1) is 12.7 Å². The van der Waals surface area contributed by atoms with E-state index in [0.29, 0.717) is 23.2 Å². The van der Waals surface area contributed by atoms with Gasteiger partial charge < -0.3 is 5.73 Å². The molecule has 0 aliphatic heterocycles. The molecule has 0 saturated carbocycles. The Bertz CT molecular complexity index is 981. The number of hydrogen-bond donors (Lipinski definition) is 2. The van der Waals surface area contributed by atoms with Crippen LogP contribution in [0.1, 0.15) is 11.1 Å². The van der Waals surface area contributed by atoms with Crippen molar-refractivity contribution in [2.45, 2.75) is 17.7 Å². The van der Waals surface area contributed by atoms with Crippen molar-refractivity contribution in [3.05, 3.63) is 59.4 Å². The van der Waals surface area contributed by atoms with Crippen molar-refractivity contribution in [1.29, 1.82) is 0 Å². The number of hydrogen-bond acceptors (Lipinski definition) is 4. The van der Waals surface area contributed by atoms with Crippen molar-refractivity contribution in [3.63, 3.8) is 0 Å². The maximum absolute atomic E-state index is 13.4. The minimum absolute atomic E-state index is 0.191. The SMILES string of the molecule is Cc1c(S(=O)(=O)Nc2cccc(CN)c2)sc2ccc(F)cc12. The van der Waals surface area contributed by atoms with E-state index >= 15 is 0 Å². The third-order valence-corrected chi connectivity index (χ3v) is 6.79. The molecule has 0 atom stereocenters. The Hall–Kier alpha value is -1.96. The normalized spacial score (nSPS) is 11.8. The van der Waals surface area contributed by atoms with Crippen molar-refractivity contribution in [2.75, 3.05) is 4.72 Å². The van der Waals surface area contributed by atoms with Gasteiger partial charge in [-0.1, -0.05) is 12.1 Å². The molecule has 3 N–H and O–H groups in total. The predicted octanol–water partition coefficient (Wildman–Crippen LogP) is 3.61. The maximum atomic E-state index is 13.4. The summed E-state index contributed by atoms with van der Waals surface area (Å²) in [6, 6.07) is 11.2. The van der Waals surface area contributed by atoms with Crippen LogP contribution in [0.2, 0.25) is 0 Å². The molecule has 0 amide bonds. The Morgan fingerprint density at radius 2 is 2.00 bits per heavy atom. The van der Waals surface area contributed by atoms with Crippen LogP contribution in [0.5, 0.6) is 0 Å². The van der Waals surface area contributed by atoms with Gasteiger partial charge in [0.2, 0.25) is 0 Å². The van der Waals surface area contributed by atoms with Crippen LogP contribution < -0.4 is 10.5 Å². The highest BCUT2D eigenvalue weighted by Gasteiger charge is 2.22. The molecule has 0 spiro atoms. The lowest BCUT2D eigenvalue weighted by Crippen LogP contribution is -2.12. The summed E-state index contributed by atoms with van der Waals surface area (Å²) < 4.78 is 42.2. The quantitative estimate of drug-likeness (QED) is 0.755. The fourth-order valence-corrected chi connectivity index (χ4v) is 5.19. The number of rotatable bonds is 4. The molecule has 1 heterocycles. The number of fused-ring (bicyclic) bond motifs is 1. The number of aryl methyl sites for hydroxylation is 1. The summed E-state index contributed by atoms with van der Waals surface area (Å²) in [5.74, 6) is -0.383. The zero-order chi connectivity index (χ0) is 16.6. The molecule has 0 aliphatic rings. The Morgan fingerprint density at radius 1 is 1.22 bits per heavy atom. The summed E-state index contributed by atoms with van der Waals surface area (Å²) in [5.41, 5.74) is 7.41. The van der Waals surface area contributed by atoms with Gasteiger partial charge in [0, 0.05) is 16.9 Å². The maximum Gasteiger partial charge on any atom is 0.271 e. The summed E-state index contributed by atoms with van der Waals surface area (Å²) in [5, 5.41) is 0.617. The fraction of sp³-hybridized carbons (Fsp3) is 0.125. The first kappa shape index (κ1) is 15.9. The molecular weight excluding hydrogens is 335 g/mol. The van der Waals surface area contributed by atoms with Crippen molar-refractivity contribution < 1.29 is 12.8 Å². The monoisotopic (exact) mass is 350 g/mol. The van der Waals surface area contributed by atoms with Crippen LogP contribution in [-0.4, -0.2) is 8.42 Å². The topological polar surface area (TPSA) is 72.2 Å². The molecule has 0 bridgehead atoms. The molecule has 2 aromatic carbocycles. The lowest BCUT2D eigenvalue weighted by Gasteiger charge is -2.08. The van der Waals surface area contributed by atoms with Crippen LogP contribution in [0.4, 0.5) is 10.1 Å². The van der Waals surface area contributed by atoms with Gasteiger partial charge in [-0.05, 0) is 53.8 Å². The predicted molar refractivity (Wildman–Crippen MR) is 91.7 cm³/mol. The van der Waals surface area contributed by atoms with Gasteiger partial charge in [0.1, 0.15) is 10.0 Å². The van der Waals surface area contributed by atoms with E-state index in [1.165, 1.54) is 12.1 Å². The van der Waals surface area contributed by atoms with Crippen LogP contribution in [0.3, 0.4) is 0 Å². The average molecular weight is 350 g/mol. The highest BCUT2D eigenvalue weighted by atomic mass is 32.2. The summed E-state index contributed by atoms with van der Waals surface area (Å²) >= 11 is 1.13. The molecule has 23 heavy (non-hydrogen) atoms. The lowest BCUT2D eigenvalue weighted by atomic mass is 10.2. The summed E-state index contributed by atoms with van der Waals surface area (Å²) in [4.78, 5) is 0. The number of benzene rings is 2. The summed E-state index contributed by atoms with van der Waals surface area (Å²) in [6.45, 7) is 2.01. The summed E-state index contributed by atoms with van der Waals surface area (Å²) in [7, 11) is -3.74.